The summed E-state index contributed by atoms with van der Waals surface area (Å²) in [4.78, 5) is 13.0. The van der Waals surface area contributed by atoms with Crippen molar-refractivity contribution in [3.05, 3.63) is 76.8 Å². The molecule has 1 N–H and O–H groups in total. The van der Waals surface area contributed by atoms with Crippen LogP contribution in [0.4, 0.5) is 5.69 Å². The molecule has 1 atom stereocenters. The summed E-state index contributed by atoms with van der Waals surface area (Å²) in [6, 6.07) is 16.2. The quantitative estimate of drug-likeness (QED) is 0.405. The second-order valence-electron chi connectivity index (χ2n) is 8.05. The lowest BCUT2D eigenvalue weighted by molar-refractivity contribution is -0.120. The fourth-order valence-electron chi connectivity index (χ4n) is 3.62. The lowest BCUT2D eigenvalue weighted by Crippen LogP contribution is -2.41. The van der Waals surface area contributed by atoms with Crippen LogP contribution in [0.3, 0.4) is 0 Å². The highest BCUT2D eigenvalue weighted by atomic mass is 35.5. The third kappa shape index (κ3) is 6.03. The first-order valence-corrected chi connectivity index (χ1v) is 12.9. The normalized spacial score (nSPS) is 11.9. The van der Waals surface area contributed by atoms with Gasteiger partial charge >= 0.3 is 0 Å². The van der Waals surface area contributed by atoms with Crippen molar-refractivity contribution >= 4 is 33.2 Å². The molecule has 3 aromatic rings. The number of nitrogens with zero attached hydrogens (tertiary/aromatic N) is 1. The van der Waals surface area contributed by atoms with Crippen molar-refractivity contribution in [2.45, 2.75) is 24.8 Å². The molecule has 0 bridgehead atoms. The molecule has 36 heavy (non-hydrogen) atoms. The van der Waals surface area contributed by atoms with Gasteiger partial charge in [-0.15, -0.1) is 0 Å². The Bertz CT molecular complexity index is 1330. The maximum atomic E-state index is 13.9. The van der Waals surface area contributed by atoms with E-state index >= 15 is 0 Å². The van der Waals surface area contributed by atoms with E-state index in [1.165, 1.54) is 32.4 Å². The van der Waals surface area contributed by atoms with E-state index < -0.39 is 22.5 Å². The number of sulfonamides is 1. The first-order valence-electron chi connectivity index (χ1n) is 11.0. The number of hydrogen-bond acceptors (Lipinski definition) is 6. The minimum Gasteiger partial charge on any atom is -0.497 e. The lowest BCUT2D eigenvalue weighted by atomic mass is 10.1. The van der Waals surface area contributed by atoms with Gasteiger partial charge in [0.15, 0.2) is 0 Å². The van der Waals surface area contributed by atoms with Gasteiger partial charge in [-0.2, -0.15) is 0 Å². The summed E-state index contributed by atoms with van der Waals surface area (Å²) in [5.41, 5.74) is 1.77. The van der Waals surface area contributed by atoms with Gasteiger partial charge in [0.1, 0.15) is 28.7 Å². The zero-order chi connectivity index (χ0) is 26.5. The summed E-state index contributed by atoms with van der Waals surface area (Å²) in [6.07, 6.45) is 0. The number of benzene rings is 3. The minimum atomic E-state index is -4.23. The number of carbonyl (C=O) groups excluding carboxylic acids is 1. The number of rotatable bonds is 10. The van der Waals surface area contributed by atoms with Crippen LogP contribution in [-0.4, -0.2) is 42.2 Å². The van der Waals surface area contributed by atoms with Crippen LogP contribution >= 0.6 is 11.6 Å². The topological polar surface area (TPSA) is 94.2 Å². The van der Waals surface area contributed by atoms with Crippen LogP contribution in [0.2, 0.25) is 5.02 Å². The first kappa shape index (κ1) is 27.2. The molecule has 3 rings (SSSR count). The molecule has 8 nitrogen and oxygen atoms in total. The maximum Gasteiger partial charge on any atom is 0.268 e. The van der Waals surface area contributed by atoms with Crippen molar-refractivity contribution in [3.8, 4) is 17.2 Å². The molecular formula is C26H29ClN2O6S. The van der Waals surface area contributed by atoms with E-state index in [1.807, 2.05) is 19.1 Å². The maximum absolute atomic E-state index is 13.9. The molecular weight excluding hydrogens is 504 g/mol. The number of amides is 1. The van der Waals surface area contributed by atoms with Crippen LogP contribution in [0.25, 0.3) is 0 Å². The van der Waals surface area contributed by atoms with E-state index in [0.29, 0.717) is 11.5 Å². The van der Waals surface area contributed by atoms with Gasteiger partial charge in [-0.25, -0.2) is 8.42 Å². The highest BCUT2D eigenvalue weighted by Crippen LogP contribution is 2.34. The molecule has 10 heteroatoms. The van der Waals surface area contributed by atoms with E-state index in [4.69, 9.17) is 25.8 Å². The summed E-state index contributed by atoms with van der Waals surface area (Å²) in [7, 11) is 0.194. The SMILES string of the molecule is COc1ccc(C(C)NC(=O)CN(c2ccc(OC)c(Cl)c2)S(=O)(=O)c2cc(C)ccc2OC)cc1. The van der Waals surface area contributed by atoms with Crippen molar-refractivity contribution < 1.29 is 27.4 Å². The van der Waals surface area contributed by atoms with Crippen LogP contribution in [0.15, 0.2) is 65.6 Å². The van der Waals surface area contributed by atoms with Gasteiger partial charge in [0.2, 0.25) is 5.91 Å². The summed E-state index contributed by atoms with van der Waals surface area (Å²) in [5, 5.41) is 3.07. The van der Waals surface area contributed by atoms with E-state index in [-0.39, 0.29) is 27.4 Å². The Morgan fingerprint density at radius 1 is 0.944 bits per heavy atom. The number of ether oxygens (including phenoxy) is 3. The molecule has 0 spiro atoms. The van der Waals surface area contributed by atoms with Gasteiger partial charge in [0.05, 0.1) is 38.1 Å². The zero-order valence-corrected chi connectivity index (χ0v) is 22.3. The smallest absolute Gasteiger partial charge is 0.268 e. The minimum absolute atomic E-state index is 0.0621. The van der Waals surface area contributed by atoms with Gasteiger partial charge in [-0.3, -0.25) is 9.10 Å². The Morgan fingerprint density at radius 2 is 1.58 bits per heavy atom. The largest absolute Gasteiger partial charge is 0.497 e. The van der Waals surface area contributed by atoms with Crippen molar-refractivity contribution in [3.63, 3.8) is 0 Å². The van der Waals surface area contributed by atoms with E-state index in [0.717, 1.165) is 15.4 Å². The predicted octanol–water partition coefficient (Wildman–Crippen LogP) is 4.75. The molecule has 3 aromatic carbocycles. The molecule has 1 amide bonds. The Balaban J connectivity index is 1.98. The van der Waals surface area contributed by atoms with Crippen molar-refractivity contribution in [2.24, 2.45) is 0 Å². The second kappa shape index (κ2) is 11.5. The molecule has 0 aliphatic rings. The molecule has 0 heterocycles. The monoisotopic (exact) mass is 532 g/mol. The third-order valence-electron chi connectivity index (χ3n) is 5.59. The molecule has 0 radical (unpaired) electrons. The molecule has 0 saturated heterocycles. The van der Waals surface area contributed by atoms with E-state index in [1.54, 1.807) is 44.4 Å². The molecule has 1 unspecified atom stereocenters. The Kier molecular flexibility index (Phi) is 8.70. The number of aryl methyl sites for hydroxylation is 1. The zero-order valence-electron chi connectivity index (χ0n) is 20.7. The van der Waals surface area contributed by atoms with Gasteiger partial charge < -0.3 is 19.5 Å². The van der Waals surface area contributed by atoms with Crippen molar-refractivity contribution in [2.75, 3.05) is 32.2 Å². The fourth-order valence-corrected chi connectivity index (χ4v) is 5.53. The van der Waals surface area contributed by atoms with Crippen LogP contribution in [0.1, 0.15) is 24.1 Å². The molecule has 0 fully saturated rings. The van der Waals surface area contributed by atoms with Gasteiger partial charge in [0.25, 0.3) is 10.0 Å². The van der Waals surface area contributed by atoms with Gasteiger partial charge in [-0.1, -0.05) is 29.8 Å². The molecule has 0 aromatic heterocycles. The van der Waals surface area contributed by atoms with Crippen LogP contribution < -0.4 is 23.8 Å². The number of halogens is 1. The second-order valence-corrected chi connectivity index (χ2v) is 10.3. The number of methoxy groups -OCH3 is 3. The predicted molar refractivity (Wildman–Crippen MR) is 140 cm³/mol. The summed E-state index contributed by atoms with van der Waals surface area (Å²) >= 11 is 6.30. The Morgan fingerprint density at radius 3 is 2.17 bits per heavy atom. The summed E-state index contributed by atoms with van der Waals surface area (Å²) in [6.45, 7) is 3.10. The van der Waals surface area contributed by atoms with Crippen LogP contribution in [0, 0.1) is 6.92 Å². The summed E-state index contributed by atoms with van der Waals surface area (Å²) in [5.74, 6) is 0.735. The van der Waals surface area contributed by atoms with Crippen LogP contribution in [-0.2, 0) is 14.8 Å². The van der Waals surface area contributed by atoms with Crippen molar-refractivity contribution in [1.82, 2.24) is 5.32 Å². The third-order valence-corrected chi connectivity index (χ3v) is 7.68. The average Bonchev–Trinajstić information content (AvgIpc) is 2.87. The number of nitrogens with one attached hydrogen (secondary N) is 1. The van der Waals surface area contributed by atoms with Crippen LogP contribution in [0.5, 0.6) is 17.2 Å². The standard InChI is InChI=1S/C26H29ClN2O6S/c1-17-6-12-24(35-5)25(14-17)36(31,32)29(20-9-13-23(34-4)22(27)15-20)16-26(30)28-18(2)19-7-10-21(33-3)11-8-19/h6-15,18H,16H2,1-5H3,(H,28,30). The molecule has 0 saturated carbocycles. The number of anilines is 1. The van der Waals surface area contributed by atoms with Crippen molar-refractivity contribution in [1.29, 1.82) is 0 Å². The highest BCUT2D eigenvalue weighted by Gasteiger charge is 2.31. The number of hydrogen-bond donors (Lipinski definition) is 1. The lowest BCUT2D eigenvalue weighted by Gasteiger charge is -2.26. The average molecular weight is 533 g/mol. The summed E-state index contributed by atoms with van der Waals surface area (Å²) < 4.78 is 44.4. The Hall–Kier alpha value is -3.43. The molecule has 0 aliphatic carbocycles. The van der Waals surface area contributed by atoms with E-state index in [9.17, 15) is 13.2 Å². The van der Waals surface area contributed by atoms with Gasteiger partial charge in [-0.05, 0) is 67.4 Å². The number of carbonyl (C=O) groups is 1. The molecule has 192 valence electrons. The highest BCUT2D eigenvalue weighted by molar-refractivity contribution is 7.93. The first-order chi connectivity index (χ1) is 17.1. The fraction of sp³-hybridized carbons (Fsp3) is 0.269. The molecule has 0 aliphatic heterocycles. The van der Waals surface area contributed by atoms with E-state index in [2.05, 4.69) is 5.32 Å². The Labute approximate surface area is 216 Å². The van der Waals surface area contributed by atoms with Gasteiger partial charge in [0, 0.05) is 0 Å².